The average Bonchev–Trinajstić information content (AvgIpc) is 2.45. The first-order valence-electron chi connectivity index (χ1n) is 6.44. The van der Waals surface area contributed by atoms with Crippen molar-refractivity contribution >= 4 is 11.6 Å². The molecule has 0 saturated heterocycles. The van der Waals surface area contributed by atoms with Gasteiger partial charge in [0.2, 0.25) is 0 Å². The Kier molecular flexibility index (Phi) is 5.10. The van der Waals surface area contributed by atoms with Crippen molar-refractivity contribution in [2.45, 2.75) is 18.9 Å². The van der Waals surface area contributed by atoms with Gasteiger partial charge in [-0.2, -0.15) is 0 Å². The molecule has 4 heteroatoms. The molecule has 0 saturated carbocycles. The van der Waals surface area contributed by atoms with Crippen molar-refractivity contribution < 1.29 is 8.78 Å². The van der Waals surface area contributed by atoms with E-state index in [0.29, 0.717) is 6.42 Å². The van der Waals surface area contributed by atoms with Gasteiger partial charge in [-0.15, -0.1) is 0 Å². The molecule has 0 aliphatic heterocycles. The summed E-state index contributed by atoms with van der Waals surface area (Å²) in [4.78, 5) is 0. The van der Waals surface area contributed by atoms with Crippen LogP contribution in [0, 0.1) is 11.6 Å². The largest absolute Gasteiger partial charge is 0.316 e. The summed E-state index contributed by atoms with van der Waals surface area (Å²) in [5.41, 5.74) is 1.80. The van der Waals surface area contributed by atoms with Gasteiger partial charge in [0, 0.05) is 6.04 Å². The van der Waals surface area contributed by atoms with Crippen LogP contribution in [-0.4, -0.2) is 13.1 Å². The lowest BCUT2D eigenvalue weighted by Gasteiger charge is -2.17. The average molecular weight is 296 g/mol. The maximum absolute atomic E-state index is 13.4. The van der Waals surface area contributed by atoms with Gasteiger partial charge < -0.3 is 5.32 Å². The smallest absolute Gasteiger partial charge is 0.142 e. The monoisotopic (exact) mass is 295 g/mol. The van der Waals surface area contributed by atoms with E-state index < -0.39 is 5.82 Å². The summed E-state index contributed by atoms with van der Waals surface area (Å²) in [6.07, 6.45) is 1.34. The number of halogens is 3. The minimum Gasteiger partial charge on any atom is -0.316 e. The number of likely N-dealkylation sites (N-methyl/N-ethyl adjacent to an activating group) is 1. The van der Waals surface area contributed by atoms with Gasteiger partial charge in [0.15, 0.2) is 0 Å². The third-order valence-electron chi connectivity index (χ3n) is 3.30. The Hall–Kier alpha value is -1.45. The van der Waals surface area contributed by atoms with E-state index in [1.807, 2.05) is 13.1 Å². The van der Waals surface area contributed by atoms with E-state index >= 15 is 0 Å². The number of hydrogen-bond acceptors (Lipinski definition) is 1. The fourth-order valence-corrected chi connectivity index (χ4v) is 2.36. The van der Waals surface area contributed by atoms with Crippen molar-refractivity contribution in [2.75, 3.05) is 7.05 Å². The Labute approximate surface area is 122 Å². The summed E-state index contributed by atoms with van der Waals surface area (Å²) in [5, 5.41) is 3.36. The van der Waals surface area contributed by atoms with Crippen molar-refractivity contribution in [3.05, 3.63) is 70.2 Å². The van der Waals surface area contributed by atoms with Gasteiger partial charge in [-0.3, -0.25) is 0 Å². The molecule has 1 nitrogen and oxygen atoms in total. The molecule has 2 aromatic carbocycles. The summed E-state index contributed by atoms with van der Waals surface area (Å²) >= 11 is 5.97. The van der Waals surface area contributed by atoms with Crippen LogP contribution in [0.25, 0.3) is 0 Å². The quantitative estimate of drug-likeness (QED) is 0.879. The van der Waals surface area contributed by atoms with E-state index in [1.54, 1.807) is 18.2 Å². The van der Waals surface area contributed by atoms with Crippen LogP contribution in [0.5, 0.6) is 0 Å². The number of nitrogens with one attached hydrogen (secondary N) is 1. The van der Waals surface area contributed by atoms with Crippen molar-refractivity contribution in [3.8, 4) is 0 Å². The minimum atomic E-state index is -0.402. The predicted molar refractivity (Wildman–Crippen MR) is 78.1 cm³/mol. The fourth-order valence-electron chi connectivity index (χ4n) is 2.15. The fraction of sp³-hybridized carbons (Fsp3) is 0.250. The molecule has 0 fully saturated rings. The van der Waals surface area contributed by atoms with Crippen molar-refractivity contribution in [1.29, 1.82) is 0 Å². The lowest BCUT2D eigenvalue weighted by Crippen LogP contribution is -2.30. The van der Waals surface area contributed by atoms with Gasteiger partial charge in [0.25, 0.3) is 0 Å². The highest BCUT2D eigenvalue weighted by molar-refractivity contribution is 6.31. The number of benzene rings is 2. The Morgan fingerprint density at radius 3 is 2.40 bits per heavy atom. The zero-order chi connectivity index (χ0) is 14.5. The highest BCUT2D eigenvalue weighted by atomic mass is 35.5. The van der Waals surface area contributed by atoms with Gasteiger partial charge in [0.1, 0.15) is 11.6 Å². The van der Waals surface area contributed by atoms with Crippen molar-refractivity contribution in [2.24, 2.45) is 0 Å². The SMILES string of the molecule is CNC(Cc1ccc(F)cc1)Cc1cccc(F)c1Cl. The van der Waals surface area contributed by atoms with Crippen molar-refractivity contribution in [3.63, 3.8) is 0 Å². The first kappa shape index (κ1) is 14.9. The molecule has 20 heavy (non-hydrogen) atoms. The lowest BCUT2D eigenvalue weighted by atomic mass is 9.99. The van der Waals surface area contributed by atoms with E-state index in [9.17, 15) is 8.78 Å². The molecule has 0 radical (unpaired) electrons. The van der Waals surface area contributed by atoms with Gasteiger partial charge in [-0.1, -0.05) is 35.9 Å². The second-order valence-corrected chi connectivity index (χ2v) is 5.11. The lowest BCUT2D eigenvalue weighted by molar-refractivity contribution is 0.552. The van der Waals surface area contributed by atoms with E-state index in [0.717, 1.165) is 17.5 Å². The van der Waals surface area contributed by atoms with Gasteiger partial charge in [0.05, 0.1) is 5.02 Å². The molecule has 0 aromatic heterocycles. The Morgan fingerprint density at radius 2 is 1.75 bits per heavy atom. The van der Waals surface area contributed by atoms with Crippen LogP contribution >= 0.6 is 11.6 Å². The van der Waals surface area contributed by atoms with Crippen LogP contribution in [0.15, 0.2) is 42.5 Å². The van der Waals surface area contributed by atoms with Crippen LogP contribution in [0.3, 0.4) is 0 Å². The molecular weight excluding hydrogens is 280 g/mol. The number of rotatable bonds is 5. The highest BCUT2D eigenvalue weighted by Gasteiger charge is 2.12. The predicted octanol–water partition coefficient (Wildman–Crippen LogP) is 3.99. The molecule has 106 valence electrons. The van der Waals surface area contributed by atoms with Crippen LogP contribution in [0.4, 0.5) is 8.78 Å². The van der Waals surface area contributed by atoms with E-state index in [1.165, 1.54) is 18.2 Å². The topological polar surface area (TPSA) is 12.0 Å². The van der Waals surface area contributed by atoms with Crippen LogP contribution in [-0.2, 0) is 12.8 Å². The molecule has 1 atom stereocenters. The Balaban J connectivity index is 2.09. The van der Waals surface area contributed by atoms with Gasteiger partial charge >= 0.3 is 0 Å². The molecule has 2 rings (SSSR count). The van der Waals surface area contributed by atoms with E-state index in [-0.39, 0.29) is 16.9 Å². The zero-order valence-electron chi connectivity index (χ0n) is 11.2. The summed E-state index contributed by atoms with van der Waals surface area (Å²) in [6.45, 7) is 0. The molecule has 0 amide bonds. The van der Waals surface area contributed by atoms with Crippen LogP contribution in [0.2, 0.25) is 5.02 Å². The van der Waals surface area contributed by atoms with E-state index in [2.05, 4.69) is 5.32 Å². The third kappa shape index (κ3) is 3.78. The van der Waals surface area contributed by atoms with E-state index in [4.69, 9.17) is 11.6 Å². The van der Waals surface area contributed by atoms with Gasteiger partial charge in [-0.05, 0) is 49.2 Å². The van der Waals surface area contributed by atoms with Gasteiger partial charge in [-0.25, -0.2) is 8.78 Å². The standard InChI is InChI=1S/C16H16ClF2N/c1-20-14(9-11-5-7-13(18)8-6-11)10-12-3-2-4-15(19)16(12)17/h2-8,14,20H,9-10H2,1H3. The first-order chi connectivity index (χ1) is 9.60. The summed E-state index contributed by atoms with van der Waals surface area (Å²) in [6, 6.07) is 11.3. The van der Waals surface area contributed by atoms with Crippen LogP contribution in [0.1, 0.15) is 11.1 Å². The molecule has 1 unspecified atom stereocenters. The summed E-state index contributed by atoms with van der Waals surface area (Å²) in [7, 11) is 1.85. The second-order valence-electron chi connectivity index (χ2n) is 4.73. The normalized spacial score (nSPS) is 12.4. The third-order valence-corrected chi connectivity index (χ3v) is 3.72. The summed E-state index contributed by atoms with van der Waals surface area (Å²) in [5.74, 6) is -0.649. The number of hydrogen-bond donors (Lipinski definition) is 1. The maximum atomic E-state index is 13.4. The Bertz CT molecular complexity index is 569. The van der Waals surface area contributed by atoms with Crippen LogP contribution < -0.4 is 5.32 Å². The maximum Gasteiger partial charge on any atom is 0.142 e. The highest BCUT2D eigenvalue weighted by Crippen LogP contribution is 2.21. The molecular formula is C16H16ClF2N. The molecule has 0 aliphatic carbocycles. The molecule has 0 aliphatic rings. The van der Waals surface area contributed by atoms with Crippen molar-refractivity contribution in [1.82, 2.24) is 5.32 Å². The molecule has 0 bridgehead atoms. The molecule has 0 heterocycles. The Morgan fingerprint density at radius 1 is 1.05 bits per heavy atom. The zero-order valence-corrected chi connectivity index (χ0v) is 11.9. The summed E-state index contributed by atoms with van der Waals surface area (Å²) < 4.78 is 26.3. The second kappa shape index (κ2) is 6.82. The minimum absolute atomic E-state index is 0.111. The molecule has 0 spiro atoms. The molecule has 1 N–H and O–H groups in total. The first-order valence-corrected chi connectivity index (χ1v) is 6.82. The molecule has 2 aromatic rings.